The second-order valence-electron chi connectivity index (χ2n) is 4.26. The maximum atomic E-state index is 11.5. The molecule has 0 atom stereocenters. The number of nitrogens with two attached hydrogens (primary N) is 1. The van der Waals surface area contributed by atoms with Crippen LogP contribution in [0.25, 0.3) is 0 Å². The van der Waals surface area contributed by atoms with Crippen molar-refractivity contribution in [3.8, 4) is 0 Å². The Morgan fingerprint density at radius 3 is 3.00 bits per heavy atom. The maximum Gasteiger partial charge on any atom is 0.268 e. The minimum Gasteiger partial charge on any atom is -0.467 e. The summed E-state index contributed by atoms with van der Waals surface area (Å²) in [4.78, 5) is 17.6. The standard InChI is InChI=1S/C13H16N4O2/c1-17(8-10-3-2-5-15-7-10)9-12-11(4-6-19-12)13(18)16-14/h2-7H,8-9,14H2,1H3,(H,16,18). The predicted octanol–water partition coefficient (Wildman–Crippen LogP) is 0.910. The third kappa shape index (κ3) is 3.40. The lowest BCUT2D eigenvalue weighted by Crippen LogP contribution is -2.31. The molecule has 2 rings (SSSR count). The van der Waals surface area contributed by atoms with Gasteiger partial charge in [0.05, 0.1) is 18.4 Å². The molecule has 1 amide bonds. The number of carbonyl (C=O) groups excluding carboxylic acids is 1. The first kappa shape index (κ1) is 13.3. The normalized spacial score (nSPS) is 10.7. The van der Waals surface area contributed by atoms with Gasteiger partial charge in [-0.05, 0) is 24.7 Å². The molecule has 0 fully saturated rings. The lowest BCUT2D eigenvalue weighted by molar-refractivity contribution is 0.0950. The summed E-state index contributed by atoms with van der Waals surface area (Å²) in [6, 6.07) is 5.50. The third-order valence-corrected chi connectivity index (χ3v) is 2.71. The summed E-state index contributed by atoms with van der Waals surface area (Å²) in [5.74, 6) is 5.37. The Labute approximate surface area is 111 Å². The van der Waals surface area contributed by atoms with Crippen LogP contribution in [0.15, 0.2) is 41.3 Å². The number of hydrazine groups is 1. The highest BCUT2D eigenvalue weighted by Crippen LogP contribution is 2.13. The first-order chi connectivity index (χ1) is 9.20. The van der Waals surface area contributed by atoms with E-state index in [-0.39, 0.29) is 5.91 Å². The van der Waals surface area contributed by atoms with Gasteiger partial charge in [-0.1, -0.05) is 6.07 Å². The van der Waals surface area contributed by atoms with Crippen molar-refractivity contribution in [2.75, 3.05) is 7.05 Å². The Balaban J connectivity index is 2.01. The van der Waals surface area contributed by atoms with Gasteiger partial charge in [0.1, 0.15) is 5.76 Å². The molecule has 2 aromatic rings. The minimum absolute atomic E-state index is 0.349. The average molecular weight is 260 g/mol. The van der Waals surface area contributed by atoms with E-state index in [0.717, 1.165) is 12.1 Å². The molecule has 0 aliphatic heterocycles. The molecular weight excluding hydrogens is 244 g/mol. The Morgan fingerprint density at radius 1 is 1.47 bits per heavy atom. The van der Waals surface area contributed by atoms with E-state index in [1.54, 1.807) is 12.3 Å². The summed E-state index contributed by atoms with van der Waals surface area (Å²) < 4.78 is 5.32. The second kappa shape index (κ2) is 6.12. The third-order valence-electron chi connectivity index (χ3n) is 2.71. The van der Waals surface area contributed by atoms with Gasteiger partial charge in [-0.15, -0.1) is 0 Å². The highest BCUT2D eigenvalue weighted by atomic mass is 16.3. The molecule has 0 aromatic carbocycles. The van der Waals surface area contributed by atoms with E-state index in [0.29, 0.717) is 17.9 Å². The number of aromatic nitrogens is 1. The second-order valence-corrected chi connectivity index (χ2v) is 4.26. The Morgan fingerprint density at radius 2 is 2.32 bits per heavy atom. The van der Waals surface area contributed by atoms with Crippen molar-refractivity contribution < 1.29 is 9.21 Å². The molecule has 0 aliphatic rings. The van der Waals surface area contributed by atoms with Crippen LogP contribution >= 0.6 is 0 Å². The van der Waals surface area contributed by atoms with Crippen LogP contribution in [-0.2, 0) is 13.1 Å². The molecule has 3 N–H and O–H groups in total. The zero-order valence-corrected chi connectivity index (χ0v) is 10.7. The molecular formula is C13H16N4O2. The number of hydrogen-bond acceptors (Lipinski definition) is 5. The fourth-order valence-electron chi connectivity index (χ4n) is 1.85. The quantitative estimate of drug-likeness (QED) is 0.474. The van der Waals surface area contributed by atoms with Gasteiger partial charge >= 0.3 is 0 Å². The van der Waals surface area contributed by atoms with Crippen LogP contribution in [0.4, 0.5) is 0 Å². The first-order valence-corrected chi connectivity index (χ1v) is 5.85. The first-order valence-electron chi connectivity index (χ1n) is 5.85. The minimum atomic E-state index is -0.349. The lowest BCUT2D eigenvalue weighted by atomic mass is 10.2. The van der Waals surface area contributed by atoms with Crippen molar-refractivity contribution in [3.63, 3.8) is 0 Å². The average Bonchev–Trinajstić information content (AvgIpc) is 2.87. The van der Waals surface area contributed by atoms with Crippen LogP contribution in [0.2, 0.25) is 0 Å². The molecule has 0 bridgehead atoms. The molecule has 0 saturated heterocycles. The van der Waals surface area contributed by atoms with Crippen molar-refractivity contribution in [2.45, 2.75) is 13.1 Å². The van der Waals surface area contributed by atoms with Crippen LogP contribution in [0.5, 0.6) is 0 Å². The molecule has 100 valence electrons. The van der Waals surface area contributed by atoms with Crippen molar-refractivity contribution in [1.82, 2.24) is 15.3 Å². The van der Waals surface area contributed by atoms with E-state index in [1.165, 1.54) is 6.26 Å². The molecule has 2 heterocycles. The van der Waals surface area contributed by atoms with Crippen LogP contribution in [0.3, 0.4) is 0 Å². The van der Waals surface area contributed by atoms with Gasteiger partial charge in [-0.2, -0.15) is 0 Å². The van der Waals surface area contributed by atoms with E-state index in [9.17, 15) is 4.79 Å². The highest BCUT2D eigenvalue weighted by molar-refractivity contribution is 5.94. The Kier molecular flexibility index (Phi) is 4.27. The maximum absolute atomic E-state index is 11.5. The molecule has 0 aliphatic carbocycles. The SMILES string of the molecule is CN(Cc1cccnc1)Cc1occc1C(=O)NN. The van der Waals surface area contributed by atoms with Gasteiger partial charge in [-0.25, -0.2) is 5.84 Å². The number of carbonyl (C=O) groups is 1. The summed E-state index contributed by atoms with van der Waals surface area (Å²) >= 11 is 0. The van der Waals surface area contributed by atoms with Crippen LogP contribution in [0, 0.1) is 0 Å². The van der Waals surface area contributed by atoms with E-state index in [4.69, 9.17) is 10.3 Å². The molecule has 19 heavy (non-hydrogen) atoms. The summed E-state index contributed by atoms with van der Waals surface area (Å²) in [7, 11) is 1.94. The number of amides is 1. The van der Waals surface area contributed by atoms with Gasteiger partial charge < -0.3 is 4.42 Å². The molecule has 2 aromatic heterocycles. The summed E-state index contributed by atoms with van der Waals surface area (Å²) in [5, 5.41) is 0. The number of hydrogen-bond donors (Lipinski definition) is 2. The highest BCUT2D eigenvalue weighted by Gasteiger charge is 2.15. The van der Waals surface area contributed by atoms with Crippen molar-refractivity contribution in [1.29, 1.82) is 0 Å². The molecule has 0 saturated carbocycles. The zero-order chi connectivity index (χ0) is 13.7. The Hall–Kier alpha value is -2.18. The van der Waals surface area contributed by atoms with Crippen molar-refractivity contribution >= 4 is 5.91 Å². The van der Waals surface area contributed by atoms with Crippen LogP contribution < -0.4 is 11.3 Å². The van der Waals surface area contributed by atoms with Gasteiger partial charge in [0, 0.05) is 18.9 Å². The summed E-state index contributed by atoms with van der Waals surface area (Å²) in [5.41, 5.74) is 3.66. The van der Waals surface area contributed by atoms with E-state index >= 15 is 0 Å². The van der Waals surface area contributed by atoms with Gasteiger partial charge in [0.2, 0.25) is 0 Å². The number of rotatable bonds is 5. The molecule has 0 spiro atoms. The smallest absolute Gasteiger partial charge is 0.268 e. The zero-order valence-electron chi connectivity index (χ0n) is 10.7. The van der Waals surface area contributed by atoms with E-state index in [2.05, 4.69) is 10.4 Å². The molecule has 6 nitrogen and oxygen atoms in total. The topological polar surface area (TPSA) is 84.4 Å². The van der Waals surface area contributed by atoms with Crippen molar-refractivity contribution in [3.05, 3.63) is 53.7 Å². The van der Waals surface area contributed by atoms with Gasteiger partial charge in [-0.3, -0.25) is 20.1 Å². The molecule has 0 radical (unpaired) electrons. The monoisotopic (exact) mass is 260 g/mol. The van der Waals surface area contributed by atoms with Crippen molar-refractivity contribution in [2.24, 2.45) is 5.84 Å². The van der Waals surface area contributed by atoms with Gasteiger partial charge in [0.15, 0.2) is 0 Å². The van der Waals surface area contributed by atoms with E-state index in [1.807, 2.05) is 30.3 Å². The largest absolute Gasteiger partial charge is 0.467 e. The predicted molar refractivity (Wildman–Crippen MR) is 69.8 cm³/mol. The number of nitrogens with zero attached hydrogens (tertiary/aromatic N) is 2. The summed E-state index contributed by atoms with van der Waals surface area (Å²) in [6.45, 7) is 1.24. The fourth-order valence-corrected chi connectivity index (χ4v) is 1.85. The Bertz CT molecular complexity index is 539. The number of nitrogen functional groups attached to an aromatic ring is 1. The number of pyridine rings is 1. The molecule has 0 unspecified atom stereocenters. The van der Waals surface area contributed by atoms with Crippen LogP contribution in [0.1, 0.15) is 21.7 Å². The fraction of sp³-hybridized carbons (Fsp3) is 0.231. The summed E-state index contributed by atoms with van der Waals surface area (Å²) in [6.07, 6.45) is 5.03. The van der Waals surface area contributed by atoms with Gasteiger partial charge in [0.25, 0.3) is 5.91 Å². The number of nitrogens with one attached hydrogen (secondary N) is 1. The lowest BCUT2D eigenvalue weighted by Gasteiger charge is -2.15. The molecule has 6 heteroatoms. The van der Waals surface area contributed by atoms with E-state index < -0.39 is 0 Å². The number of furan rings is 1. The van der Waals surface area contributed by atoms with Crippen LogP contribution in [-0.4, -0.2) is 22.8 Å².